The van der Waals surface area contributed by atoms with E-state index in [1.54, 1.807) is 24.7 Å². The highest BCUT2D eigenvalue weighted by Gasteiger charge is 2.26. The second kappa shape index (κ2) is 9.94. The highest BCUT2D eigenvalue weighted by molar-refractivity contribution is 7.07. The van der Waals surface area contributed by atoms with Gasteiger partial charge in [0.05, 0.1) is 28.0 Å². The van der Waals surface area contributed by atoms with Gasteiger partial charge in [-0.15, -0.1) is 11.3 Å². The van der Waals surface area contributed by atoms with Crippen LogP contribution in [0.2, 0.25) is 0 Å². The molecule has 9 heteroatoms. The van der Waals surface area contributed by atoms with Crippen LogP contribution < -0.4 is 10.1 Å². The first-order valence-electron chi connectivity index (χ1n) is 11.6. The van der Waals surface area contributed by atoms with Crippen molar-refractivity contribution in [1.82, 2.24) is 15.5 Å². The van der Waals surface area contributed by atoms with E-state index in [-0.39, 0.29) is 18.3 Å². The summed E-state index contributed by atoms with van der Waals surface area (Å²) in [5.74, 6) is 0.952. The Hall–Kier alpha value is -3.98. The lowest BCUT2D eigenvalue weighted by atomic mass is 9.97. The second-order valence-electron chi connectivity index (χ2n) is 8.14. The van der Waals surface area contributed by atoms with E-state index in [2.05, 4.69) is 15.5 Å². The molecule has 0 saturated carbocycles. The number of ether oxygens (including phenoxy) is 1. The first-order chi connectivity index (χ1) is 17.5. The third-order valence-corrected chi connectivity index (χ3v) is 6.60. The highest BCUT2D eigenvalue weighted by Crippen LogP contribution is 2.43. The summed E-state index contributed by atoms with van der Waals surface area (Å²) in [5.41, 5.74) is 6.41. The summed E-state index contributed by atoms with van der Waals surface area (Å²) in [6, 6.07) is 9.51. The van der Waals surface area contributed by atoms with Crippen molar-refractivity contribution in [3.63, 3.8) is 0 Å². The number of rotatable bonds is 8. The number of furan rings is 1. The van der Waals surface area contributed by atoms with Gasteiger partial charge in [0.15, 0.2) is 0 Å². The van der Waals surface area contributed by atoms with E-state index >= 15 is 0 Å². The average molecular weight is 506 g/mol. The fourth-order valence-corrected chi connectivity index (χ4v) is 4.75. The van der Waals surface area contributed by atoms with Crippen LogP contribution in [0.4, 0.5) is 4.39 Å². The molecule has 0 saturated heterocycles. The fraction of sp³-hybridized carbons (Fsp3) is 0.222. The Balaban J connectivity index is 1.76. The number of halogens is 1. The van der Waals surface area contributed by atoms with Gasteiger partial charge >= 0.3 is 0 Å². The van der Waals surface area contributed by atoms with Crippen molar-refractivity contribution in [2.45, 2.75) is 33.3 Å². The number of hydrogen-bond donors (Lipinski definition) is 1. The lowest BCUT2D eigenvalue weighted by Gasteiger charge is -2.12. The monoisotopic (exact) mass is 505 g/mol. The van der Waals surface area contributed by atoms with Crippen LogP contribution >= 0.6 is 11.3 Å². The van der Waals surface area contributed by atoms with Gasteiger partial charge in [-0.2, -0.15) is 0 Å². The van der Waals surface area contributed by atoms with Crippen LogP contribution in [-0.2, 0) is 19.4 Å². The lowest BCUT2D eigenvalue weighted by molar-refractivity contribution is 0.0964. The number of aromatic nitrogens is 2. The number of benzene rings is 2. The highest BCUT2D eigenvalue weighted by atomic mass is 32.1. The smallest absolute Gasteiger partial charge is 0.255 e. The number of thiazole rings is 1. The molecule has 0 aliphatic carbocycles. The Morgan fingerprint density at radius 3 is 2.64 bits per heavy atom. The molecule has 0 aliphatic heterocycles. The number of nitrogens with zero attached hydrogens (tertiary/aromatic N) is 2. The first kappa shape index (κ1) is 23.7. The van der Waals surface area contributed by atoms with E-state index < -0.39 is 0 Å². The maximum absolute atomic E-state index is 13.6. The van der Waals surface area contributed by atoms with Gasteiger partial charge in [0.2, 0.25) is 0 Å². The average Bonchev–Trinajstić information content (AvgIpc) is 3.64. The molecule has 7 nitrogen and oxygen atoms in total. The van der Waals surface area contributed by atoms with E-state index in [0.29, 0.717) is 46.4 Å². The number of hydrogen-bond acceptors (Lipinski definition) is 7. The summed E-state index contributed by atoms with van der Waals surface area (Å²) in [5, 5.41) is 9.45. The maximum atomic E-state index is 13.6. The molecule has 0 radical (unpaired) electrons. The number of aryl methyl sites for hydroxylation is 2. The summed E-state index contributed by atoms with van der Waals surface area (Å²) in [4.78, 5) is 17.3. The summed E-state index contributed by atoms with van der Waals surface area (Å²) < 4.78 is 31.7. The van der Waals surface area contributed by atoms with E-state index in [1.807, 2.05) is 31.4 Å². The first-order valence-corrected chi connectivity index (χ1v) is 12.5. The normalized spacial score (nSPS) is 11.2. The Kier molecular flexibility index (Phi) is 6.56. The topological polar surface area (TPSA) is 90.4 Å². The molecule has 0 bridgehead atoms. The van der Waals surface area contributed by atoms with Crippen molar-refractivity contribution in [2.24, 2.45) is 0 Å². The number of fused-ring (bicyclic) bond motifs is 1. The minimum Gasteiger partial charge on any atom is -0.487 e. The van der Waals surface area contributed by atoms with Gasteiger partial charge in [-0.1, -0.05) is 19.0 Å². The number of nitrogens with one attached hydrogen (secondary N) is 1. The Bertz CT molecular complexity index is 1500. The Morgan fingerprint density at radius 1 is 1.17 bits per heavy atom. The molecule has 5 rings (SSSR count). The van der Waals surface area contributed by atoms with Crippen LogP contribution in [-0.4, -0.2) is 23.1 Å². The number of carbonyl (C=O) groups excluding carboxylic acids is 1. The van der Waals surface area contributed by atoms with Crippen LogP contribution in [0, 0.1) is 5.82 Å². The molecule has 1 N–H and O–H groups in total. The van der Waals surface area contributed by atoms with Gasteiger partial charge in [-0.3, -0.25) is 4.79 Å². The minimum absolute atomic E-state index is 0.258. The number of carbonyl (C=O) groups is 1. The third kappa shape index (κ3) is 4.26. The van der Waals surface area contributed by atoms with Crippen molar-refractivity contribution in [2.75, 3.05) is 7.05 Å². The zero-order chi connectivity index (χ0) is 25.2. The summed E-state index contributed by atoms with van der Waals surface area (Å²) in [6.07, 6.45) is 1.32. The van der Waals surface area contributed by atoms with Crippen molar-refractivity contribution >= 4 is 28.2 Å². The standard InChI is InChI=1S/C27H24FN3O4S/c1-4-20-24(21(5-2)35-31-20)18-11-23-19(10-22(18)33-12-17-13-36-14-30-17)25(27(32)29-3)26(34-23)15-6-8-16(28)9-7-15/h6-11,13-14H,4-5,12H2,1-3H3,(H,29,32). The predicted molar refractivity (Wildman–Crippen MR) is 136 cm³/mol. The minimum atomic E-state index is -0.372. The van der Waals surface area contributed by atoms with Crippen LogP contribution in [0.5, 0.6) is 5.75 Å². The molecule has 0 aliphatic rings. The molecule has 0 spiro atoms. The largest absolute Gasteiger partial charge is 0.487 e. The molecule has 3 heterocycles. The lowest BCUT2D eigenvalue weighted by Crippen LogP contribution is -2.18. The molecule has 0 unspecified atom stereocenters. The molecule has 184 valence electrons. The molecule has 5 aromatic rings. The van der Waals surface area contributed by atoms with Crippen LogP contribution in [0.3, 0.4) is 0 Å². The SMILES string of the molecule is CCc1noc(CC)c1-c1cc2oc(-c3ccc(F)cc3)c(C(=O)NC)c2cc1OCc1cscn1. The molecule has 3 aromatic heterocycles. The molecule has 36 heavy (non-hydrogen) atoms. The Morgan fingerprint density at radius 2 is 1.97 bits per heavy atom. The molecule has 2 aromatic carbocycles. The van der Waals surface area contributed by atoms with Gasteiger partial charge in [0.25, 0.3) is 5.91 Å². The zero-order valence-corrected chi connectivity index (χ0v) is 20.9. The van der Waals surface area contributed by atoms with Crippen LogP contribution in [0.1, 0.15) is 41.4 Å². The summed E-state index contributed by atoms with van der Waals surface area (Å²) in [6.45, 7) is 4.27. The van der Waals surface area contributed by atoms with Crippen LogP contribution in [0.15, 0.2) is 56.2 Å². The van der Waals surface area contributed by atoms with E-state index in [4.69, 9.17) is 13.7 Å². The van der Waals surface area contributed by atoms with Gasteiger partial charge in [-0.05, 0) is 42.8 Å². The van der Waals surface area contributed by atoms with E-state index in [1.165, 1.54) is 23.5 Å². The van der Waals surface area contributed by atoms with Gasteiger partial charge in [-0.25, -0.2) is 9.37 Å². The number of amides is 1. The van der Waals surface area contributed by atoms with Crippen molar-refractivity contribution in [3.8, 4) is 28.2 Å². The summed E-state index contributed by atoms with van der Waals surface area (Å²) >= 11 is 1.49. The molecular formula is C27H24FN3O4S. The third-order valence-electron chi connectivity index (χ3n) is 5.97. The fourth-order valence-electron chi connectivity index (χ4n) is 4.20. The van der Waals surface area contributed by atoms with E-state index in [0.717, 1.165) is 28.3 Å². The van der Waals surface area contributed by atoms with Gasteiger partial charge < -0.3 is 19.0 Å². The van der Waals surface area contributed by atoms with Crippen molar-refractivity contribution in [3.05, 3.63) is 75.8 Å². The zero-order valence-electron chi connectivity index (χ0n) is 20.1. The predicted octanol–water partition coefficient (Wildman–Crippen LogP) is 6.41. The van der Waals surface area contributed by atoms with Gasteiger partial charge in [0, 0.05) is 35.4 Å². The maximum Gasteiger partial charge on any atom is 0.255 e. The van der Waals surface area contributed by atoms with Gasteiger partial charge in [0.1, 0.15) is 35.3 Å². The quantitative estimate of drug-likeness (QED) is 0.262. The van der Waals surface area contributed by atoms with Crippen molar-refractivity contribution < 1.29 is 22.9 Å². The summed E-state index contributed by atoms with van der Waals surface area (Å²) in [7, 11) is 1.56. The molecule has 1 amide bonds. The van der Waals surface area contributed by atoms with Crippen molar-refractivity contribution in [1.29, 1.82) is 0 Å². The second-order valence-corrected chi connectivity index (χ2v) is 8.86. The molecule has 0 fully saturated rings. The van der Waals surface area contributed by atoms with E-state index in [9.17, 15) is 9.18 Å². The molecule has 0 atom stereocenters. The Labute approximate surface area is 210 Å². The molecular weight excluding hydrogens is 481 g/mol. The van der Waals surface area contributed by atoms with Crippen LogP contribution in [0.25, 0.3) is 33.4 Å².